The first-order valence-corrected chi connectivity index (χ1v) is 10.6. The Balaban J connectivity index is 1.58. The predicted molar refractivity (Wildman–Crippen MR) is 118 cm³/mol. The summed E-state index contributed by atoms with van der Waals surface area (Å²) in [5, 5.41) is 0.0809. The molecule has 1 heterocycles. The van der Waals surface area contributed by atoms with Crippen LogP contribution in [0, 0.1) is 5.82 Å². The molecule has 3 rings (SSSR count). The Hall–Kier alpha value is -3.00. The molecule has 32 heavy (non-hydrogen) atoms. The summed E-state index contributed by atoms with van der Waals surface area (Å²) < 4.78 is 29.4. The van der Waals surface area contributed by atoms with E-state index in [4.69, 9.17) is 25.8 Å². The van der Waals surface area contributed by atoms with Crippen LogP contribution >= 0.6 is 11.6 Å². The van der Waals surface area contributed by atoms with Gasteiger partial charge in [0.15, 0.2) is 11.5 Å². The van der Waals surface area contributed by atoms with Gasteiger partial charge in [-0.1, -0.05) is 17.7 Å². The van der Waals surface area contributed by atoms with Crippen molar-refractivity contribution in [1.29, 1.82) is 0 Å². The number of aryl methyl sites for hydroxylation is 1. The summed E-state index contributed by atoms with van der Waals surface area (Å²) in [4.78, 5) is 28.8. The van der Waals surface area contributed by atoms with Crippen molar-refractivity contribution < 1.29 is 28.2 Å². The number of benzene rings is 2. The summed E-state index contributed by atoms with van der Waals surface area (Å²) in [5.74, 6) is 0.832. The number of ether oxygens (including phenoxy) is 3. The molecule has 0 aromatic heterocycles. The van der Waals surface area contributed by atoms with Crippen molar-refractivity contribution in [3.63, 3.8) is 0 Å². The normalized spacial score (nSPS) is 13.7. The monoisotopic (exact) mass is 464 g/mol. The SMILES string of the molecule is COc1ccc(CCC(=O)N2CCN(C(=O)c3ccc(F)cc3Cl)CC2)c(OC)c1OC. The van der Waals surface area contributed by atoms with Crippen molar-refractivity contribution in [3.8, 4) is 17.2 Å². The maximum Gasteiger partial charge on any atom is 0.255 e. The highest BCUT2D eigenvalue weighted by atomic mass is 35.5. The molecule has 2 aromatic rings. The van der Waals surface area contributed by atoms with Crippen LogP contribution in [0.25, 0.3) is 0 Å². The number of methoxy groups -OCH3 is 3. The van der Waals surface area contributed by atoms with Crippen LogP contribution in [-0.4, -0.2) is 69.1 Å². The van der Waals surface area contributed by atoms with Crippen LogP contribution in [0.15, 0.2) is 30.3 Å². The lowest BCUT2D eigenvalue weighted by molar-refractivity contribution is -0.132. The largest absolute Gasteiger partial charge is 0.493 e. The van der Waals surface area contributed by atoms with Crippen LogP contribution in [0.1, 0.15) is 22.3 Å². The van der Waals surface area contributed by atoms with E-state index in [2.05, 4.69) is 0 Å². The van der Waals surface area contributed by atoms with E-state index >= 15 is 0 Å². The zero-order valence-corrected chi connectivity index (χ0v) is 19.1. The molecule has 7 nitrogen and oxygen atoms in total. The molecule has 0 unspecified atom stereocenters. The Morgan fingerprint density at radius 2 is 1.59 bits per heavy atom. The Morgan fingerprint density at radius 3 is 2.19 bits per heavy atom. The third-order valence-corrected chi connectivity index (χ3v) is 5.79. The van der Waals surface area contributed by atoms with Gasteiger partial charge >= 0.3 is 0 Å². The number of hydrogen-bond acceptors (Lipinski definition) is 5. The van der Waals surface area contributed by atoms with Crippen molar-refractivity contribution in [2.24, 2.45) is 0 Å². The molecule has 1 aliphatic heterocycles. The smallest absolute Gasteiger partial charge is 0.255 e. The molecule has 0 saturated carbocycles. The number of hydrogen-bond donors (Lipinski definition) is 0. The zero-order valence-electron chi connectivity index (χ0n) is 18.3. The Labute approximate surface area is 191 Å². The molecule has 172 valence electrons. The fraction of sp³-hybridized carbons (Fsp3) is 0.391. The number of carbonyl (C=O) groups excluding carboxylic acids is 2. The van der Waals surface area contributed by atoms with Crippen LogP contribution in [-0.2, 0) is 11.2 Å². The summed E-state index contributed by atoms with van der Waals surface area (Å²) in [6.45, 7) is 1.62. The molecule has 1 aliphatic rings. The lowest BCUT2D eigenvalue weighted by Gasteiger charge is -2.35. The quantitative estimate of drug-likeness (QED) is 0.628. The molecule has 0 radical (unpaired) electrons. The van der Waals surface area contributed by atoms with E-state index in [1.54, 1.807) is 30.1 Å². The van der Waals surface area contributed by atoms with Gasteiger partial charge in [0.1, 0.15) is 5.82 Å². The lowest BCUT2D eigenvalue weighted by Crippen LogP contribution is -2.50. The summed E-state index contributed by atoms with van der Waals surface area (Å²) in [5.41, 5.74) is 1.10. The predicted octanol–water partition coefficient (Wildman–Crippen LogP) is 3.42. The molecular formula is C23H26ClFN2O5. The van der Waals surface area contributed by atoms with Crippen LogP contribution in [0.3, 0.4) is 0 Å². The molecule has 1 saturated heterocycles. The standard InChI is InChI=1S/C23H26ClFN2O5/c1-30-19-8-4-15(21(31-2)22(19)32-3)5-9-20(28)26-10-12-27(13-11-26)23(29)17-7-6-16(25)14-18(17)24/h4,6-8,14H,5,9-13H2,1-3H3. The highest BCUT2D eigenvalue weighted by Crippen LogP contribution is 2.40. The van der Waals surface area contributed by atoms with Gasteiger partial charge in [-0.15, -0.1) is 0 Å². The summed E-state index contributed by atoms with van der Waals surface area (Å²) in [6.07, 6.45) is 0.774. The van der Waals surface area contributed by atoms with Crippen LogP contribution in [0.2, 0.25) is 5.02 Å². The number of rotatable bonds is 7. The van der Waals surface area contributed by atoms with Crippen LogP contribution < -0.4 is 14.2 Å². The van der Waals surface area contributed by atoms with Gasteiger partial charge in [0.05, 0.1) is 31.9 Å². The number of halogens is 2. The third kappa shape index (κ3) is 5.07. The second-order valence-corrected chi connectivity index (χ2v) is 7.70. The Kier molecular flexibility index (Phi) is 7.80. The van der Waals surface area contributed by atoms with Crippen molar-refractivity contribution in [3.05, 3.63) is 52.3 Å². The minimum Gasteiger partial charge on any atom is -0.493 e. The zero-order chi connectivity index (χ0) is 23.3. The number of nitrogens with zero attached hydrogens (tertiary/aromatic N) is 2. The molecule has 0 atom stereocenters. The van der Waals surface area contributed by atoms with Gasteiger partial charge in [-0.2, -0.15) is 0 Å². The van der Waals surface area contributed by atoms with Gasteiger partial charge in [0, 0.05) is 32.6 Å². The second-order valence-electron chi connectivity index (χ2n) is 7.29. The van der Waals surface area contributed by atoms with E-state index in [0.29, 0.717) is 56.3 Å². The lowest BCUT2D eigenvalue weighted by atomic mass is 10.1. The van der Waals surface area contributed by atoms with Gasteiger partial charge in [-0.05, 0) is 36.2 Å². The minimum absolute atomic E-state index is 0.00579. The maximum absolute atomic E-state index is 13.2. The van der Waals surface area contributed by atoms with Crippen LogP contribution in [0.4, 0.5) is 4.39 Å². The van der Waals surface area contributed by atoms with Gasteiger partial charge < -0.3 is 24.0 Å². The first-order valence-electron chi connectivity index (χ1n) is 10.2. The average molecular weight is 465 g/mol. The average Bonchev–Trinajstić information content (AvgIpc) is 2.81. The first-order chi connectivity index (χ1) is 15.4. The van der Waals surface area contributed by atoms with Gasteiger partial charge in [-0.3, -0.25) is 9.59 Å². The molecule has 0 spiro atoms. The van der Waals surface area contributed by atoms with Crippen LogP contribution in [0.5, 0.6) is 17.2 Å². The maximum atomic E-state index is 13.2. The summed E-state index contributed by atoms with van der Waals surface area (Å²) in [7, 11) is 4.64. The van der Waals surface area contributed by atoms with Crippen molar-refractivity contribution >= 4 is 23.4 Å². The van der Waals surface area contributed by atoms with E-state index in [9.17, 15) is 14.0 Å². The Morgan fingerprint density at radius 1 is 0.938 bits per heavy atom. The summed E-state index contributed by atoms with van der Waals surface area (Å²) >= 11 is 6.01. The molecule has 2 amide bonds. The molecule has 1 fully saturated rings. The third-order valence-electron chi connectivity index (χ3n) is 5.48. The van der Waals surface area contributed by atoms with Gasteiger partial charge in [0.25, 0.3) is 5.91 Å². The molecule has 0 bridgehead atoms. The van der Waals surface area contributed by atoms with Gasteiger partial charge in [-0.25, -0.2) is 4.39 Å². The molecule has 0 N–H and O–H groups in total. The molecule has 0 aliphatic carbocycles. The van der Waals surface area contributed by atoms with E-state index in [1.165, 1.54) is 19.2 Å². The molecule has 2 aromatic carbocycles. The van der Waals surface area contributed by atoms with Crippen molar-refractivity contribution in [1.82, 2.24) is 9.80 Å². The van der Waals surface area contributed by atoms with Crippen molar-refractivity contribution in [2.45, 2.75) is 12.8 Å². The minimum atomic E-state index is -0.493. The molecule has 9 heteroatoms. The van der Waals surface area contributed by atoms with E-state index < -0.39 is 5.82 Å². The second kappa shape index (κ2) is 10.5. The first kappa shape index (κ1) is 23.7. The molecular weight excluding hydrogens is 439 g/mol. The van der Waals surface area contributed by atoms with E-state index in [1.807, 2.05) is 6.07 Å². The highest BCUT2D eigenvalue weighted by molar-refractivity contribution is 6.33. The van der Waals surface area contributed by atoms with E-state index in [0.717, 1.165) is 11.6 Å². The Bertz CT molecular complexity index is 993. The number of amides is 2. The number of carbonyl (C=O) groups is 2. The van der Waals surface area contributed by atoms with Crippen molar-refractivity contribution in [2.75, 3.05) is 47.5 Å². The number of piperazine rings is 1. The summed E-state index contributed by atoms with van der Waals surface area (Å²) in [6, 6.07) is 7.36. The fourth-order valence-electron chi connectivity index (χ4n) is 3.75. The van der Waals surface area contributed by atoms with E-state index in [-0.39, 0.29) is 22.4 Å². The highest BCUT2D eigenvalue weighted by Gasteiger charge is 2.26. The topological polar surface area (TPSA) is 68.3 Å². The van der Waals surface area contributed by atoms with Gasteiger partial charge in [0.2, 0.25) is 11.7 Å². The fourth-order valence-corrected chi connectivity index (χ4v) is 4.00.